The van der Waals surface area contributed by atoms with Crippen molar-refractivity contribution in [3.8, 4) is 17.4 Å². The largest absolute Gasteiger partial charge is 0.444 e. The number of benzene rings is 1. The van der Waals surface area contributed by atoms with E-state index in [9.17, 15) is 10.1 Å². The predicted octanol–water partition coefficient (Wildman–Crippen LogP) is 4.01. The minimum Gasteiger partial charge on any atom is -0.444 e. The highest BCUT2D eigenvalue weighted by atomic mass is 16.3. The Kier molecular flexibility index (Phi) is 4.32. The molecule has 3 aromatic heterocycles. The van der Waals surface area contributed by atoms with E-state index in [0.29, 0.717) is 28.4 Å². The van der Waals surface area contributed by atoms with Crippen LogP contribution >= 0.6 is 0 Å². The van der Waals surface area contributed by atoms with Gasteiger partial charge in [-0.15, -0.1) is 0 Å². The molecule has 0 unspecified atom stereocenters. The van der Waals surface area contributed by atoms with Gasteiger partial charge in [0.05, 0.1) is 17.4 Å². The van der Waals surface area contributed by atoms with Crippen molar-refractivity contribution in [2.45, 2.75) is 12.8 Å². The molecule has 3 heterocycles. The van der Waals surface area contributed by atoms with Crippen molar-refractivity contribution in [1.82, 2.24) is 14.5 Å². The van der Waals surface area contributed by atoms with Crippen LogP contribution in [0.2, 0.25) is 0 Å². The lowest BCUT2D eigenvalue weighted by Gasteiger charge is -2.26. The van der Waals surface area contributed by atoms with Crippen LogP contribution in [-0.4, -0.2) is 21.1 Å². The summed E-state index contributed by atoms with van der Waals surface area (Å²) in [5, 5.41) is 9.34. The number of nitriles is 1. The van der Waals surface area contributed by atoms with Gasteiger partial charge in [-0.1, -0.05) is 0 Å². The number of hydrogen-bond acceptors (Lipinski definition) is 6. The van der Waals surface area contributed by atoms with Gasteiger partial charge in [0.2, 0.25) is 0 Å². The average Bonchev–Trinajstić information content (AvgIpc) is 3.44. The summed E-state index contributed by atoms with van der Waals surface area (Å²) in [6, 6.07) is 15.1. The molecule has 1 saturated carbocycles. The first-order valence-electron chi connectivity index (χ1n) is 9.81. The Morgan fingerprint density at radius 2 is 2.03 bits per heavy atom. The van der Waals surface area contributed by atoms with E-state index >= 15 is 0 Å². The van der Waals surface area contributed by atoms with E-state index < -0.39 is 0 Å². The molecule has 5 rings (SSSR count). The van der Waals surface area contributed by atoms with Crippen molar-refractivity contribution in [2.75, 3.05) is 11.4 Å². The molecule has 148 valence electrons. The minimum absolute atomic E-state index is 0.108. The number of fused-ring (bicyclic) bond motifs is 1. The zero-order chi connectivity index (χ0) is 20.7. The number of rotatable bonds is 5. The molecule has 4 aromatic rings. The van der Waals surface area contributed by atoms with Crippen molar-refractivity contribution in [1.29, 1.82) is 5.26 Å². The third-order valence-electron chi connectivity index (χ3n) is 5.51. The molecule has 0 spiro atoms. The Hall–Kier alpha value is -3.92. The molecule has 1 aliphatic carbocycles. The second-order valence-electron chi connectivity index (χ2n) is 7.57. The van der Waals surface area contributed by atoms with Crippen LogP contribution in [0.25, 0.3) is 22.4 Å². The van der Waals surface area contributed by atoms with Crippen LogP contribution in [0, 0.1) is 17.2 Å². The topological polar surface area (TPSA) is 87.9 Å². The molecule has 0 N–H and O–H groups in total. The minimum atomic E-state index is -0.108. The Bertz CT molecular complexity index is 1310. The Morgan fingerprint density at radius 3 is 2.70 bits per heavy atom. The summed E-state index contributed by atoms with van der Waals surface area (Å²) in [5.41, 5.74) is 4.19. The fraction of sp³-hybridized carbons (Fsp3) is 0.217. The SMILES string of the molecule is Cn1c(=O)cc(N(CC2CC2)c2ccc(-c3cnco3)cc2)c2nc(C#N)ccc21. The molecule has 0 aliphatic heterocycles. The van der Waals surface area contributed by atoms with Gasteiger partial charge in [-0.25, -0.2) is 9.97 Å². The second-order valence-corrected chi connectivity index (χ2v) is 7.57. The van der Waals surface area contributed by atoms with E-state index in [-0.39, 0.29) is 5.56 Å². The first-order valence-corrected chi connectivity index (χ1v) is 9.81. The van der Waals surface area contributed by atoms with Gasteiger partial charge in [0.25, 0.3) is 5.56 Å². The molecule has 0 bridgehead atoms. The first kappa shape index (κ1) is 18.1. The Labute approximate surface area is 172 Å². The molecule has 7 nitrogen and oxygen atoms in total. The van der Waals surface area contributed by atoms with E-state index in [4.69, 9.17) is 4.42 Å². The summed E-state index contributed by atoms with van der Waals surface area (Å²) in [4.78, 5) is 23.3. The predicted molar refractivity (Wildman–Crippen MR) is 113 cm³/mol. The zero-order valence-corrected chi connectivity index (χ0v) is 16.4. The molecule has 1 aliphatic rings. The second kappa shape index (κ2) is 7.16. The van der Waals surface area contributed by atoms with E-state index in [1.165, 1.54) is 19.2 Å². The smallest absolute Gasteiger partial charge is 0.252 e. The van der Waals surface area contributed by atoms with Crippen molar-refractivity contribution in [3.05, 3.63) is 71.1 Å². The number of oxazole rings is 1. The monoisotopic (exact) mass is 397 g/mol. The number of aryl methyl sites for hydroxylation is 1. The summed E-state index contributed by atoms with van der Waals surface area (Å²) >= 11 is 0. The van der Waals surface area contributed by atoms with Gasteiger partial charge < -0.3 is 13.9 Å². The van der Waals surface area contributed by atoms with Crippen molar-refractivity contribution < 1.29 is 4.42 Å². The van der Waals surface area contributed by atoms with Crippen LogP contribution in [0.5, 0.6) is 0 Å². The molecule has 1 fully saturated rings. The van der Waals surface area contributed by atoms with E-state index in [1.807, 2.05) is 24.3 Å². The third-order valence-corrected chi connectivity index (χ3v) is 5.51. The lowest BCUT2D eigenvalue weighted by molar-refractivity contribution is 0.572. The molecule has 0 atom stereocenters. The highest BCUT2D eigenvalue weighted by Gasteiger charge is 2.27. The standard InChI is InChI=1S/C23H19N5O2/c1-27-19-9-6-17(11-24)26-23(19)20(10-22(27)29)28(13-15-2-3-15)18-7-4-16(5-8-18)21-12-25-14-30-21/h4-10,12,14-15H,2-3,13H2,1H3. The Morgan fingerprint density at radius 1 is 1.23 bits per heavy atom. The fourth-order valence-electron chi connectivity index (χ4n) is 3.65. The maximum Gasteiger partial charge on any atom is 0.252 e. The summed E-state index contributed by atoms with van der Waals surface area (Å²) in [6.07, 6.45) is 5.43. The summed E-state index contributed by atoms with van der Waals surface area (Å²) < 4.78 is 6.95. The van der Waals surface area contributed by atoms with Crippen LogP contribution in [0.15, 0.2) is 64.3 Å². The van der Waals surface area contributed by atoms with Crippen molar-refractivity contribution >= 4 is 22.4 Å². The van der Waals surface area contributed by atoms with E-state index in [0.717, 1.165) is 23.5 Å². The van der Waals surface area contributed by atoms with Crippen molar-refractivity contribution in [3.63, 3.8) is 0 Å². The first-order chi connectivity index (χ1) is 14.6. The summed E-state index contributed by atoms with van der Waals surface area (Å²) in [5.74, 6) is 1.28. The highest BCUT2D eigenvalue weighted by Crippen LogP contribution is 2.37. The zero-order valence-electron chi connectivity index (χ0n) is 16.4. The van der Waals surface area contributed by atoms with Crippen molar-refractivity contribution in [2.24, 2.45) is 13.0 Å². The van der Waals surface area contributed by atoms with Gasteiger partial charge in [0.15, 0.2) is 12.2 Å². The van der Waals surface area contributed by atoms with Gasteiger partial charge in [-0.3, -0.25) is 4.79 Å². The lowest BCUT2D eigenvalue weighted by atomic mass is 10.1. The summed E-state index contributed by atoms with van der Waals surface area (Å²) in [6.45, 7) is 0.794. The van der Waals surface area contributed by atoms with Gasteiger partial charge in [0.1, 0.15) is 17.3 Å². The van der Waals surface area contributed by atoms with Crippen LogP contribution in [0.4, 0.5) is 11.4 Å². The molecule has 1 aromatic carbocycles. The van der Waals surface area contributed by atoms with Crippen LogP contribution < -0.4 is 10.5 Å². The van der Waals surface area contributed by atoms with Gasteiger partial charge in [-0.05, 0) is 55.2 Å². The average molecular weight is 397 g/mol. The highest BCUT2D eigenvalue weighted by molar-refractivity contribution is 5.91. The molecule has 0 radical (unpaired) electrons. The van der Waals surface area contributed by atoms with Gasteiger partial charge >= 0.3 is 0 Å². The normalized spacial score (nSPS) is 13.3. The number of hydrogen-bond donors (Lipinski definition) is 0. The van der Waals surface area contributed by atoms with E-state index in [2.05, 4.69) is 20.9 Å². The molecule has 30 heavy (non-hydrogen) atoms. The van der Waals surface area contributed by atoms with Gasteiger partial charge in [0, 0.05) is 30.9 Å². The fourth-order valence-corrected chi connectivity index (χ4v) is 3.65. The van der Waals surface area contributed by atoms with Crippen LogP contribution in [0.3, 0.4) is 0 Å². The molecule has 7 heteroatoms. The molecule has 0 amide bonds. The number of pyridine rings is 2. The lowest BCUT2D eigenvalue weighted by Crippen LogP contribution is -2.25. The molecule has 0 saturated heterocycles. The number of nitrogens with zero attached hydrogens (tertiary/aromatic N) is 5. The maximum atomic E-state index is 12.7. The summed E-state index contributed by atoms with van der Waals surface area (Å²) in [7, 11) is 1.72. The number of aromatic nitrogens is 3. The van der Waals surface area contributed by atoms with E-state index in [1.54, 1.807) is 36.0 Å². The molecular formula is C23H19N5O2. The quantitative estimate of drug-likeness (QED) is 0.506. The Balaban J connectivity index is 1.66. The maximum absolute atomic E-state index is 12.7. The molecular weight excluding hydrogens is 378 g/mol. The van der Waals surface area contributed by atoms with Crippen LogP contribution in [-0.2, 0) is 7.05 Å². The third kappa shape index (κ3) is 3.22. The number of anilines is 2. The van der Waals surface area contributed by atoms with Gasteiger partial charge in [-0.2, -0.15) is 5.26 Å². The van der Waals surface area contributed by atoms with Crippen LogP contribution in [0.1, 0.15) is 18.5 Å².